The predicted molar refractivity (Wildman–Crippen MR) is 90.7 cm³/mol. The average Bonchev–Trinajstić information content (AvgIpc) is 2.88. The number of allylic oxidation sites excluding steroid dienone is 2. The summed E-state index contributed by atoms with van der Waals surface area (Å²) in [6, 6.07) is 8.01. The van der Waals surface area contributed by atoms with Crippen LogP contribution in [0, 0.1) is 36.5 Å². The fraction of sp³-hybridized carbons (Fsp3) is 0.143. The number of hydrogen-bond acceptors (Lipinski definition) is 6. The van der Waals surface area contributed by atoms with Crippen LogP contribution in [0.5, 0.6) is 0 Å². The quantitative estimate of drug-likeness (QED) is 0.602. The van der Waals surface area contributed by atoms with Crippen LogP contribution in [0.2, 0.25) is 0 Å². The summed E-state index contributed by atoms with van der Waals surface area (Å²) >= 11 is 11.6. The highest BCUT2D eigenvalue weighted by Crippen LogP contribution is 2.37. The van der Waals surface area contributed by atoms with Gasteiger partial charge in [0, 0.05) is 20.9 Å². The molecule has 100 valence electrons. The Kier molecular flexibility index (Phi) is 4.62. The molecule has 0 atom stereocenters. The lowest BCUT2D eigenvalue weighted by molar-refractivity contribution is 1.47. The predicted octanol–water partition coefficient (Wildman–Crippen LogP) is 4.96. The standard InChI is InChI=1S/C14H10N2S4/c1-7-9(3-13(17)19-7)11(5-15)12(6-16)10-4-14(18)20-8(10)2/h3-4,17-18H,1-2H3/b12-11-. The molecule has 2 aromatic heterocycles. The Bertz CT molecular complexity index is 715. The first-order valence-corrected chi connectivity index (χ1v) is 8.14. The number of nitriles is 2. The lowest BCUT2D eigenvalue weighted by Crippen LogP contribution is -1.89. The second-order valence-electron chi connectivity index (χ2n) is 4.08. The average molecular weight is 335 g/mol. The maximum absolute atomic E-state index is 9.48. The maximum atomic E-state index is 9.48. The zero-order valence-electron chi connectivity index (χ0n) is 10.8. The van der Waals surface area contributed by atoms with Crippen molar-refractivity contribution in [2.24, 2.45) is 0 Å². The number of thiophene rings is 2. The molecule has 0 aliphatic rings. The molecule has 0 aliphatic heterocycles. The molecule has 6 heteroatoms. The molecule has 0 spiro atoms. The van der Waals surface area contributed by atoms with Crippen molar-refractivity contribution in [3.8, 4) is 12.1 Å². The van der Waals surface area contributed by atoms with Crippen LogP contribution in [0.1, 0.15) is 20.9 Å². The molecule has 0 aliphatic carbocycles. The SMILES string of the molecule is Cc1sc(S)cc1/C(C#N)=C(/C#N)c1cc(S)sc1C. The molecule has 2 aromatic rings. The third-order valence-electron chi connectivity index (χ3n) is 2.82. The first kappa shape index (κ1) is 15.2. The second-order valence-corrected chi connectivity index (χ2v) is 8.16. The van der Waals surface area contributed by atoms with Gasteiger partial charge in [-0.05, 0) is 26.0 Å². The van der Waals surface area contributed by atoms with Crippen molar-refractivity contribution in [1.29, 1.82) is 10.5 Å². The summed E-state index contributed by atoms with van der Waals surface area (Å²) < 4.78 is 1.67. The van der Waals surface area contributed by atoms with Gasteiger partial charge in [-0.1, -0.05) is 0 Å². The third-order valence-corrected chi connectivity index (χ3v) is 5.33. The van der Waals surface area contributed by atoms with Crippen molar-refractivity contribution >= 4 is 59.1 Å². The molecule has 2 rings (SSSR count). The van der Waals surface area contributed by atoms with Crippen LogP contribution in [-0.4, -0.2) is 0 Å². The maximum Gasteiger partial charge on any atom is 0.101 e. The highest BCUT2D eigenvalue weighted by molar-refractivity contribution is 7.83. The normalized spacial score (nSPS) is 11.7. The number of aryl methyl sites for hydroxylation is 2. The zero-order valence-corrected chi connectivity index (χ0v) is 14.2. The van der Waals surface area contributed by atoms with Gasteiger partial charge in [0.1, 0.15) is 12.1 Å². The van der Waals surface area contributed by atoms with E-state index < -0.39 is 0 Å². The van der Waals surface area contributed by atoms with E-state index in [9.17, 15) is 10.5 Å². The van der Waals surface area contributed by atoms with Crippen LogP contribution in [0.25, 0.3) is 11.1 Å². The van der Waals surface area contributed by atoms with Crippen LogP contribution >= 0.6 is 47.9 Å². The number of rotatable bonds is 2. The summed E-state index contributed by atoms with van der Waals surface area (Å²) in [7, 11) is 0. The van der Waals surface area contributed by atoms with Gasteiger partial charge in [0.15, 0.2) is 0 Å². The number of thiol groups is 2. The highest BCUT2D eigenvalue weighted by atomic mass is 32.2. The first-order valence-electron chi connectivity index (χ1n) is 5.62. The molecule has 0 N–H and O–H groups in total. The Labute approximate surface area is 136 Å². The smallest absolute Gasteiger partial charge is 0.101 e. The minimum atomic E-state index is 0.399. The number of nitrogens with zero attached hydrogens (tertiary/aromatic N) is 2. The summed E-state index contributed by atoms with van der Waals surface area (Å²) in [5.41, 5.74) is 2.36. The van der Waals surface area contributed by atoms with Crippen LogP contribution < -0.4 is 0 Å². The van der Waals surface area contributed by atoms with Crippen molar-refractivity contribution in [2.75, 3.05) is 0 Å². The van der Waals surface area contributed by atoms with Crippen molar-refractivity contribution in [3.63, 3.8) is 0 Å². The van der Waals surface area contributed by atoms with Crippen LogP contribution in [0.4, 0.5) is 0 Å². The van der Waals surface area contributed by atoms with Gasteiger partial charge in [-0.15, -0.1) is 47.9 Å². The molecular weight excluding hydrogens is 324 g/mol. The van der Waals surface area contributed by atoms with Crippen LogP contribution in [0.15, 0.2) is 20.6 Å². The molecular formula is C14H10N2S4. The van der Waals surface area contributed by atoms with Crippen LogP contribution in [0.3, 0.4) is 0 Å². The lowest BCUT2D eigenvalue weighted by Gasteiger charge is -2.03. The minimum absolute atomic E-state index is 0.399. The summed E-state index contributed by atoms with van der Waals surface area (Å²) in [5.74, 6) is 0. The lowest BCUT2D eigenvalue weighted by atomic mass is 9.97. The van der Waals surface area contributed by atoms with E-state index in [4.69, 9.17) is 0 Å². The van der Waals surface area contributed by atoms with Crippen molar-refractivity contribution in [2.45, 2.75) is 22.3 Å². The van der Waals surface area contributed by atoms with E-state index in [1.807, 2.05) is 26.0 Å². The topological polar surface area (TPSA) is 47.6 Å². The van der Waals surface area contributed by atoms with E-state index in [0.29, 0.717) is 11.1 Å². The van der Waals surface area contributed by atoms with Gasteiger partial charge >= 0.3 is 0 Å². The molecule has 0 unspecified atom stereocenters. The Morgan fingerprint density at radius 3 is 1.45 bits per heavy atom. The van der Waals surface area contributed by atoms with Gasteiger partial charge < -0.3 is 0 Å². The molecule has 0 radical (unpaired) electrons. The summed E-state index contributed by atoms with van der Waals surface area (Å²) in [4.78, 5) is 1.97. The van der Waals surface area contributed by atoms with E-state index in [0.717, 1.165) is 29.3 Å². The minimum Gasteiger partial charge on any atom is -0.192 e. The van der Waals surface area contributed by atoms with Crippen molar-refractivity contribution in [3.05, 3.63) is 33.0 Å². The monoisotopic (exact) mass is 334 g/mol. The Morgan fingerprint density at radius 1 is 0.900 bits per heavy atom. The summed E-state index contributed by atoms with van der Waals surface area (Å²) in [5, 5.41) is 19.0. The molecule has 0 saturated carbocycles. The van der Waals surface area contributed by atoms with Gasteiger partial charge in [-0.3, -0.25) is 0 Å². The van der Waals surface area contributed by atoms with E-state index in [2.05, 4.69) is 37.4 Å². The van der Waals surface area contributed by atoms with Crippen molar-refractivity contribution < 1.29 is 0 Å². The van der Waals surface area contributed by atoms with Gasteiger partial charge in [-0.25, -0.2) is 0 Å². The summed E-state index contributed by atoms with van der Waals surface area (Å²) in [6.07, 6.45) is 0. The van der Waals surface area contributed by atoms with Gasteiger partial charge in [0.2, 0.25) is 0 Å². The van der Waals surface area contributed by atoms with Gasteiger partial charge in [-0.2, -0.15) is 10.5 Å². The van der Waals surface area contributed by atoms with E-state index >= 15 is 0 Å². The van der Waals surface area contributed by atoms with Gasteiger partial charge in [0.25, 0.3) is 0 Å². The Hall–Kier alpha value is -1.18. The highest BCUT2D eigenvalue weighted by Gasteiger charge is 2.18. The zero-order chi connectivity index (χ0) is 14.9. The van der Waals surface area contributed by atoms with E-state index in [1.54, 1.807) is 0 Å². The number of hydrogen-bond donors (Lipinski definition) is 2. The molecule has 2 nitrogen and oxygen atoms in total. The first-order chi connectivity index (χ1) is 9.47. The Morgan fingerprint density at radius 2 is 1.25 bits per heavy atom. The Balaban J connectivity index is 2.74. The molecule has 20 heavy (non-hydrogen) atoms. The molecule has 2 heterocycles. The molecule has 0 saturated heterocycles. The molecule has 0 aromatic carbocycles. The largest absolute Gasteiger partial charge is 0.192 e. The third kappa shape index (κ3) is 2.79. The molecule has 0 bridgehead atoms. The fourth-order valence-corrected chi connectivity index (χ4v) is 4.53. The van der Waals surface area contributed by atoms with Crippen LogP contribution in [-0.2, 0) is 0 Å². The van der Waals surface area contributed by atoms with E-state index in [1.165, 1.54) is 22.7 Å². The molecule has 0 fully saturated rings. The second kappa shape index (κ2) is 6.07. The van der Waals surface area contributed by atoms with Gasteiger partial charge in [0.05, 0.1) is 19.6 Å². The van der Waals surface area contributed by atoms with E-state index in [-0.39, 0.29) is 0 Å². The fourth-order valence-electron chi connectivity index (χ4n) is 1.93. The summed E-state index contributed by atoms with van der Waals surface area (Å²) in [6.45, 7) is 3.85. The van der Waals surface area contributed by atoms with Crippen molar-refractivity contribution in [1.82, 2.24) is 0 Å². The molecule has 0 amide bonds.